The Morgan fingerprint density at radius 3 is 1.21 bits per heavy atom. The highest BCUT2D eigenvalue weighted by atomic mass is 15.3. The quantitative estimate of drug-likeness (QED) is 0.410. The summed E-state index contributed by atoms with van der Waals surface area (Å²) in [7, 11) is 0. The van der Waals surface area contributed by atoms with E-state index in [0.717, 1.165) is 60.3 Å². The first-order chi connectivity index (χ1) is 18.7. The van der Waals surface area contributed by atoms with Crippen LogP contribution in [0.2, 0.25) is 0 Å². The van der Waals surface area contributed by atoms with Crippen LogP contribution in [-0.4, -0.2) is 56.5 Å². The predicted octanol–water partition coefficient (Wildman–Crippen LogP) is 4.22. The largest absolute Gasteiger partial charge is 0.366 e. The van der Waals surface area contributed by atoms with Crippen molar-refractivity contribution in [2.24, 2.45) is 0 Å². The second kappa shape index (κ2) is 12.3. The van der Waals surface area contributed by atoms with E-state index in [1.165, 1.54) is 38.5 Å². The van der Waals surface area contributed by atoms with Gasteiger partial charge in [-0.05, 0) is 38.5 Å². The summed E-state index contributed by atoms with van der Waals surface area (Å²) in [5, 5.41) is 16.4. The number of piperidine rings is 2. The van der Waals surface area contributed by atoms with Crippen molar-refractivity contribution in [3.63, 3.8) is 0 Å². The molecule has 2 aromatic carbocycles. The number of aromatic nitrogens is 6. The van der Waals surface area contributed by atoms with Crippen molar-refractivity contribution in [3.8, 4) is 22.5 Å². The molecule has 0 saturated carbocycles. The van der Waals surface area contributed by atoms with Gasteiger partial charge in [-0.1, -0.05) is 60.7 Å². The number of hydrogen-bond donors (Lipinski definition) is 2. The first-order valence-corrected chi connectivity index (χ1v) is 13.3. The van der Waals surface area contributed by atoms with E-state index in [2.05, 4.69) is 40.2 Å². The van der Waals surface area contributed by atoms with E-state index in [0.29, 0.717) is 0 Å². The molecular weight excluding hydrogens is 476 g/mol. The Hall–Kier alpha value is -4.34. The van der Waals surface area contributed by atoms with E-state index >= 15 is 0 Å². The van der Waals surface area contributed by atoms with Gasteiger partial charge in [0, 0.05) is 37.3 Å². The molecule has 0 unspecified atom stereocenters. The molecule has 2 aliphatic rings. The van der Waals surface area contributed by atoms with Crippen LogP contribution in [0.5, 0.6) is 0 Å². The topological polar surface area (TPSA) is 136 Å². The third-order valence-electron chi connectivity index (χ3n) is 6.78. The van der Waals surface area contributed by atoms with Crippen molar-refractivity contribution in [2.45, 2.75) is 38.5 Å². The molecule has 0 bridgehead atoms. The average molecular weight is 511 g/mol. The van der Waals surface area contributed by atoms with Crippen molar-refractivity contribution in [3.05, 3.63) is 60.7 Å². The summed E-state index contributed by atoms with van der Waals surface area (Å²) in [6.07, 6.45) is 7.35. The van der Waals surface area contributed by atoms with Crippen LogP contribution in [0.4, 0.5) is 23.5 Å². The van der Waals surface area contributed by atoms with Gasteiger partial charge in [0.05, 0.1) is 0 Å². The molecule has 0 amide bonds. The first kappa shape index (κ1) is 25.3. The summed E-state index contributed by atoms with van der Waals surface area (Å²) in [5.74, 6) is 2.14. The monoisotopic (exact) mass is 510 g/mol. The molecule has 4 N–H and O–H groups in total. The summed E-state index contributed by atoms with van der Waals surface area (Å²) in [6.45, 7) is 4.06. The van der Waals surface area contributed by atoms with E-state index in [1.54, 1.807) is 0 Å². The fourth-order valence-electron chi connectivity index (χ4n) is 4.88. The zero-order valence-corrected chi connectivity index (χ0v) is 21.6. The highest BCUT2D eigenvalue weighted by Gasteiger charge is 2.20. The maximum Gasteiger partial charge on any atom is 0.240 e. The summed E-state index contributed by atoms with van der Waals surface area (Å²) in [5.41, 5.74) is 15.1. The lowest BCUT2D eigenvalue weighted by molar-refractivity contribution is 0.571. The van der Waals surface area contributed by atoms with Crippen molar-refractivity contribution >= 4 is 23.5 Å². The Bertz CT molecular complexity index is 1200. The van der Waals surface area contributed by atoms with Crippen molar-refractivity contribution in [1.82, 2.24) is 30.4 Å². The molecule has 4 heterocycles. The van der Waals surface area contributed by atoms with Crippen LogP contribution in [-0.2, 0) is 0 Å². The Kier molecular flexibility index (Phi) is 8.17. The first-order valence-electron chi connectivity index (χ1n) is 13.3. The Labute approximate surface area is 223 Å². The molecule has 2 aromatic heterocycles. The third-order valence-corrected chi connectivity index (χ3v) is 6.78. The lowest BCUT2D eigenvalue weighted by Gasteiger charge is -2.28. The fourth-order valence-corrected chi connectivity index (χ4v) is 4.88. The summed E-state index contributed by atoms with van der Waals surface area (Å²) >= 11 is 0. The highest BCUT2D eigenvalue weighted by Crippen LogP contribution is 2.30. The van der Waals surface area contributed by atoms with Gasteiger partial charge in [0.25, 0.3) is 0 Å². The van der Waals surface area contributed by atoms with Crippen LogP contribution in [0.1, 0.15) is 38.5 Å². The molecule has 38 heavy (non-hydrogen) atoms. The molecule has 0 atom stereocenters. The van der Waals surface area contributed by atoms with Crippen LogP contribution in [0.15, 0.2) is 60.7 Å². The Morgan fingerprint density at radius 2 is 0.842 bits per heavy atom. The molecule has 0 radical (unpaired) electrons. The van der Waals surface area contributed by atoms with Gasteiger partial charge in [0.15, 0.2) is 11.6 Å². The molecule has 0 spiro atoms. The zero-order valence-electron chi connectivity index (χ0n) is 21.6. The molecule has 2 fully saturated rings. The molecule has 196 valence electrons. The van der Waals surface area contributed by atoms with Gasteiger partial charge in [0.1, 0.15) is 11.4 Å². The number of anilines is 4. The Morgan fingerprint density at radius 1 is 0.474 bits per heavy atom. The van der Waals surface area contributed by atoms with Crippen LogP contribution in [0, 0.1) is 0 Å². The number of nitrogens with zero attached hydrogens (tertiary/aromatic N) is 8. The lowest BCUT2D eigenvalue weighted by Crippen LogP contribution is -2.31. The molecule has 10 nitrogen and oxygen atoms in total. The third kappa shape index (κ3) is 6.13. The van der Waals surface area contributed by atoms with Gasteiger partial charge >= 0.3 is 0 Å². The predicted molar refractivity (Wildman–Crippen MR) is 151 cm³/mol. The second-order valence-corrected chi connectivity index (χ2v) is 9.51. The second-order valence-electron chi connectivity index (χ2n) is 9.51. The van der Waals surface area contributed by atoms with E-state index in [9.17, 15) is 0 Å². The summed E-state index contributed by atoms with van der Waals surface area (Å²) in [4.78, 5) is 13.3. The molecule has 0 aliphatic carbocycles. The smallest absolute Gasteiger partial charge is 0.240 e. The molecular formula is C28H34N10. The van der Waals surface area contributed by atoms with Gasteiger partial charge in [-0.3, -0.25) is 0 Å². The van der Waals surface area contributed by atoms with Gasteiger partial charge in [0.2, 0.25) is 11.9 Å². The van der Waals surface area contributed by atoms with Crippen molar-refractivity contribution < 1.29 is 0 Å². The van der Waals surface area contributed by atoms with Gasteiger partial charge in [-0.2, -0.15) is 0 Å². The summed E-state index contributed by atoms with van der Waals surface area (Å²) in [6, 6.07) is 20.0. The van der Waals surface area contributed by atoms with Crippen LogP contribution in [0.3, 0.4) is 0 Å². The van der Waals surface area contributed by atoms with Crippen LogP contribution in [0.25, 0.3) is 22.5 Å². The molecule has 6 rings (SSSR count). The minimum Gasteiger partial charge on any atom is -0.366 e. The van der Waals surface area contributed by atoms with Gasteiger partial charge in [-0.25, -0.2) is 9.97 Å². The van der Waals surface area contributed by atoms with Crippen molar-refractivity contribution in [1.29, 1.82) is 0 Å². The maximum absolute atomic E-state index is 5.69. The lowest BCUT2D eigenvalue weighted by atomic mass is 10.1. The molecule has 4 aromatic rings. The average Bonchev–Trinajstić information content (AvgIpc) is 2.99. The van der Waals surface area contributed by atoms with Gasteiger partial charge in [-0.15, -0.1) is 20.4 Å². The SMILES string of the molecule is Nc1nnc(N2CCCCC2)c(-c2ccccc2)n1.Nc1nnc(N2CCCCC2)c(-c2ccccc2)n1. The maximum atomic E-state index is 5.69. The molecule has 2 aliphatic heterocycles. The van der Waals surface area contributed by atoms with Crippen LogP contribution < -0.4 is 21.3 Å². The number of nitrogen functional groups attached to an aromatic ring is 2. The normalized spacial score (nSPS) is 15.5. The van der Waals surface area contributed by atoms with E-state index < -0.39 is 0 Å². The van der Waals surface area contributed by atoms with Gasteiger partial charge < -0.3 is 21.3 Å². The van der Waals surface area contributed by atoms with E-state index in [-0.39, 0.29) is 11.9 Å². The van der Waals surface area contributed by atoms with Crippen molar-refractivity contribution in [2.75, 3.05) is 47.4 Å². The van der Waals surface area contributed by atoms with E-state index in [4.69, 9.17) is 11.5 Å². The number of benzene rings is 2. The van der Waals surface area contributed by atoms with E-state index in [1.807, 2.05) is 60.7 Å². The molecule has 10 heteroatoms. The minimum atomic E-state index is 0.222. The summed E-state index contributed by atoms with van der Waals surface area (Å²) < 4.78 is 0. The zero-order chi connectivity index (χ0) is 26.2. The number of hydrogen-bond acceptors (Lipinski definition) is 10. The van der Waals surface area contributed by atoms with Crippen LogP contribution >= 0.6 is 0 Å². The standard InChI is InChI=1S/2C14H17N5/c2*15-14-16-12(11-7-3-1-4-8-11)13(17-18-14)19-9-5-2-6-10-19/h2*1,3-4,7-8H,2,5-6,9-10H2,(H2,15,16,18). The Balaban J connectivity index is 0.000000155. The number of rotatable bonds is 4. The molecule has 2 saturated heterocycles. The highest BCUT2D eigenvalue weighted by molar-refractivity contribution is 5.73. The fraction of sp³-hybridized carbons (Fsp3) is 0.357. The number of nitrogens with two attached hydrogens (primary N) is 2. The minimum absolute atomic E-state index is 0.222.